The van der Waals surface area contributed by atoms with Gasteiger partial charge in [-0.3, -0.25) is 0 Å². The van der Waals surface area contributed by atoms with Crippen LogP contribution in [0.25, 0.3) is 0 Å². The Labute approximate surface area is 136 Å². The van der Waals surface area contributed by atoms with Gasteiger partial charge >= 0.3 is 0 Å². The van der Waals surface area contributed by atoms with Crippen molar-refractivity contribution >= 4 is 16.0 Å². The van der Waals surface area contributed by atoms with Crippen molar-refractivity contribution in [1.82, 2.24) is 4.31 Å². The van der Waals surface area contributed by atoms with E-state index in [1.807, 2.05) is 26.0 Å². The Balaban J connectivity index is 2.34. The lowest BCUT2D eigenvalue weighted by Crippen LogP contribution is -2.41. The maximum atomic E-state index is 12.7. The van der Waals surface area contributed by atoms with Gasteiger partial charge in [-0.15, -0.1) is 0 Å². The van der Waals surface area contributed by atoms with Crippen LogP contribution in [0.15, 0.2) is 53.4 Å². The summed E-state index contributed by atoms with van der Waals surface area (Å²) in [5, 5.41) is 11.0. The van der Waals surface area contributed by atoms with E-state index in [0.29, 0.717) is 5.56 Å². The molecule has 0 fully saturated rings. The first-order chi connectivity index (χ1) is 10.8. The fourth-order valence-electron chi connectivity index (χ4n) is 2.13. The van der Waals surface area contributed by atoms with E-state index in [9.17, 15) is 18.3 Å². The number of carboxylic acids is 1. The van der Waals surface area contributed by atoms with Gasteiger partial charge in [-0.05, 0) is 31.5 Å². The van der Waals surface area contributed by atoms with Crippen molar-refractivity contribution in [1.29, 1.82) is 0 Å². The number of nitrogens with zero attached hydrogens (tertiary/aromatic N) is 1. The summed E-state index contributed by atoms with van der Waals surface area (Å²) in [4.78, 5) is 11.0. The van der Waals surface area contributed by atoms with Crippen molar-refractivity contribution in [3.63, 3.8) is 0 Å². The number of carbonyl (C=O) groups is 1. The summed E-state index contributed by atoms with van der Waals surface area (Å²) in [6.45, 7) is 3.06. The van der Waals surface area contributed by atoms with Gasteiger partial charge in [0.1, 0.15) is 0 Å². The van der Waals surface area contributed by atoms with Gasteiger partial charge in [0.2, 0.25) is 10.0 Å². The SMILES string of the molecule is Cc1ccc(CN(CC(=O)[O-])S(=O)(=O)c2ccc(C)cc2)cc1. The highest BCUT2D eigenvalue weighted by Crippen LogP contribution is 2.19. The molecule has 0 aromatic heterocycles. The number of hydrogen-bond donors (Lipinski definition) is 0. The topological polar surface area (TPSA) is 77.5 Å². The summed E-state index contributed by atoms with van der Waals surface area (Å²) in [7, 11) is -3.91. The zero-order valence-corrected chi connectivity index (χ0v) is 13.8. The summed E-state index contributed by atoms with van der Waals surface area (Å²) >= 11 is 0. The van der Waals surface area contributed by atoms with Crippen molar-refractivity contribution in [3.05, 3.63) is 65.2 Å². The second-order valence-electron chi connectivity index (χ2n) is 5.44. The Bertz CT molecular complexity index is 780. The van der Waals surface area contributed by atoms with Crippen LogP contribution < -0.4 is 5.11 Å². The van der Waals surface area contributed by atoms with Crippen LogP contribution in [0, 0.1) is 13.8 Å². The zero-order valence-electron chi connectivity index (χ0n) is 13.0. The summed E-state index contributed by atoms with van der Waals surface area (Å²) in [6.07, 6.45) is 0. The summed E-state index contributed by atoms with van der Waals surface area (Å²) < 4.78 is 26.3. The van der Waals surface area contributed by atoms with Crippen LogP contribution in [0.2, 0.25) is 0 Å². The van der Waals surface area contributed by atoms with E-state index in [1.54, 1.807) is 24.3 Å². The summed E-state index contributed by atoms with van der Waals surface area (Å²) in [5.41, 5.74) is 2.68. The van der Waals surface area contributed by atoms with Crippen LogP contribution in [0.5, 0.6) is 0 Å². The van der Waals surface area contributed by atoms with Crippen molar-refractivity contribution < 1.29 is 18.3 Å². The number of aliphatic carboxylic acids is 1. The Kier molecular flexibility index (Phi) is 5.18. The van der Waals surface area contributed by atoms with Gasteiger partial charge in [-0.1, -0.05) is 47.5 Å². The van der Waals surface area contributed by atoms with E-state index in [0.717, 1.165) is 15.4 Å². The Morgan fingerprint density at radius 2 is 1.43 bits per heavy atom. The van der Waals surface area contributed by atoms with Gasteiger partial charge in [0.25, 0.3) is 0 Å². The molecule has 5 nitrogen and oxygen atoms in total. The number of sulfonamides is 1. The molecule has 23 heavy (non-hydrogen) atoms. The average Bonchev–Trinajstić information content (AvgIpc) is 2.49. The molecule has 0 atom stereocenters. The van der Waals surface area contributed by atoms with E-state index in [1.165, 1.54) is 12.1 Å². The second kappa shape index (κ2) is 6.93. The normalized spacial score (nSPS) is 11.6. The predicted octanol–water partition coefficient (Wildman–Crippen LogP) is 1.24. The molecule has 0 aliphatic rings. The van der Waals surface area contributed by atoms with Crippen LogP contribution in [0.3, 0.4) is 0 Å². The average molecular weight is 332 g/mol. The first-order valence-electron chi connectivity index (χ1n) is 7.11. The van der Waals surface area contributed by atoms with Gasteiger partial charge < -0.3 is 9.90 Å². The Hall–Kier alpha value is -2.18. The molecule has 0 bridgehead atoms. The van der Waals surface area contributed by atoms with Gasteiger partial charge in [0, 0.05) is 6.54 Å². The molecule has 2 aromatic carbocycles. The maximum absolute atomic E-state index is 12.7. The van der Waals surface area contributed by atoms with Crippen LogP contribution in [0.4, 0.5) is 0 Å². The van der Waals surface area contributed by atoms with Gasteiger partial charge in [-0.2, -0.15) is 4.31 Å². The highest BCUT2D eigenvalue weighted by molar-refractivity contribution is 7.89. The molecular formula is C17H18NO4S-. The Morgan fingerprint density at radius 1 is 0.957 bits per heavy atom. The quantitative estimate of drug-likeness (QED) is 0.797. The minimum atomic E-state index is -3.91. The molecule has 6 heteroatoms. The van der Waals surface area contributed by atoms with Crippen molar-refractivity contribution in [2.45, 2.75) is 25.3 Å². The molecular weight excluding hydrogens is 314 g/mol. The molecule has 0 radical (unpaired) electrons. The molecule has 0 aliphatic heterocycles. The third kappa shape index (κ3) is 4.40. The number of rotatable bonds is 6. The van der Waals surface area contributed by atoms with Crippen LogP contribution in [-0.2, 0) is 21.4 Å². The molecule has 0 amide bonds. The van der Waals surface area contributed by atoms with Crippen molar-refractivity contribution in [2.24, 2.45) is 0 Å². The maximum Gasteiger partial charge on any atom is 0.243 e. The van der Waals surface area contributed by atoms with Crippen molar-refractivity contribution in [2.75, 3.05) is 6.54 Å². The van der Waals surface area contributed by atoms with Gasteiger partial charge in [0.15, 0.2) is 0 Å². The predicted molar refractivity (Wildman–Crippen MR) is 85.0 cm³/mol. The minimum Gasteiger partial charge on any atom is -0.549 e. The van der Waals surface area contributed by atoms with E-state index in [4.69, 9.17) is 0 Å². The van der Waals surface area contributed by atoms with Gasteiger partial charge in [-0.25, -0.2) is 8.42 Å². The molecule has 0 saturated heterocycles. The minimum absolute atomic E-state index is 0.0233. The first kappa shape index (κ1) is 17.2. The first-order valence-corrected chi connectivity index (χ1v) is 8.55. The zero-order chi connectivity index (χ0) is 17.0. The highest BCUT2D eigenvalue weighted by Gasteiger charge is 2.24. The number of carbonyl (C=O) groups excluding carboxylic acids is 1. The van der Waals surface area contributed by atoms with Crippen LogP contribution >= 0.6 is 0 Å². The second-order valence-corrected chi connectivity index (χ2v) is 7.38. The molecule has 0 aliphatic carbocycles. The van der Waals surface area contributed by atoms with E-state index in [-0.39, 0.29) is 11.4 Å². The number of hydrogen-bond acceptors (Lipinski definition) is 4. The molecule has 0 N–H and O–H groups in total. The molecule has 0 saturated carbocycles. The standard InChI is InChI=1S/C17H19NO4S/c1-13-3-7-15(8-4-13)11-18(12-17(19)20)23(21,22)16-9-5-14(2)6-10-16/h3-10H,11-12H2,1-2H3,(H,19,20)/p-1. The van der Waals surface area contributed by atoms with Gasteiger partial charge in [0.05, 0.1) is 17.4 Å². The molecule has 122 valence electrons. The molecule has 0 spiro atoms. The van der Waals surface area contributed by atoms with Crippen LogP contribution in [-0.4, -0.2) is 25.2 Å². The lowest BCUT2D eigenvalue weighted by atomic mass is 10.1. The smallest absolute Gasteiger partial charge is 0.243 e. The van der Waals surface area contributed by atoms with E-state index >= 15 is 0 Å². The molecule has 0 unspecified atom stereocenters. The molecule has 2 rings (SSSR count). The third-order valence-electron chi connectivity index (χ3n) is 3.44. The summed E-state index contributed by atoms with van der Waals surface area (Å²) in [5.74, 6) is -1.44. The third-order valence-corrected chi connectivity index (χ3v) is 5.25. The fourth-order valence-corrected chi connectivity index (χ4v) is 3.50. The molecule has 2 aromatic rings. The number of aryl methyl sites for hydroxylation is 2. The number of benzene rings is 2. The van der Waals surface area contributed by atoms with E-state index < -0.39 is 22.5 Å². The van der Waals surface area contributed by atoms with Crippen LogP contribution in [0.1, 0.15) is 16.7 Å². The Morgan fingerprint density at radius 3 is 1.91 bits per heavy atom. The lowest BCUT2D eigenvalue weighted by molar-refractivity contribution is -0.305. The number of carboxylic acid groups (broad SMARTS) is 1. The van der Waals surface area contributed by atoms with Crippen molar-refractivity contribution in [3.8, 4) is 0 Å². The highest BCUT2D eigenvalue weighted by atomic mass is 32.2. The largest absolute Gasteiger partial charge is 0.549 e. The fraction of sp³-hybridized carbons (Fsp3) is 0.235. The molecule has 0 heterocycles. The summed E-state index contributed by atoms with van der Waals surface area (Å²) in [6, 6.07) is 13.6. The monoisotopic (exact) mass is 332 g/mol. The lowest BCUT2D eigenvalue weighted by Gasteiger charge is -2.23. The van der Waals surface area contributed by atoms with E-state index in [2.05, 4.69) is 0 Å².